The van der Waals surface area contributed by atoms with Crippen molar-refractivity contribution >= 4 is 5.91 Å². The third-order valence-corrected chi connectivity index (χ3v) is 9.85. The number of aliphatic hydroxyl groups is 1. The molecule has 0 spiro atoms. The van der Waals surface area contributed by atoms with Gasteiger partial charge in [-0.05, 0) is 90.2 Å². The zero-order valence-electron chi connectivity index (χ0n) is 24.9. The lowest BCUT2D eigenvalue weighted by Crippen LogP contribution is -2.49. The molecule has 43 heavy (non-hydrogen) atoms. The molecule has 3 aromatic rings. The summed E-state index contributed by atoms with van der Waals surface area (Å²) in [5.41, 5.74) is 8.44. The van der Waals surface area contributed by atoms with Crippen molar-refractivity contribution < 1.29 is 19.4 Å². The summed E-state index contributed by atoms with van der Waals surface area (Å²) in [7, 11) is 0. The molecule has 3 aromatic carbocycles. The number of amides is 1. The van der Waals surface area contributed by atoms with E-state index < -0.39 is 6.29 Å². The van der Waals surface area contributed by atoms with Gasteiger partial charge in [0.25, 0.3) is 5.91 Å². The molecule has 0 aromatic heterocycles. The minimum Gasteiger partial charge on any atom is -0.459 e. The van der Waals surface area contributed by atoms with E-state index in [1.165, 1.54) is 60.2 Å². The van der Waals surface area contributed by atoms with Crippen molar-refractivity contribution in [1.82, 2.24) is 9.80 Å². The number of carbonyl (C=O) groups is 1. The van der Waals surface area contributed by atoms with Crippen LogP contribution in [-0.4, -0.2) is 59.3 Å². The van der Waals surface area contributed by atoms with E-state index in [9.17, 15) is 9.90 Å². The first-order valence-electron chi connectivity index (χ1n) is 16.1. The van der Waals surface area contributed by atoms with Crippen molar-refractivity contribution in [3.05, 3.63) is 106 Å². The van der Waals surface area contributed by atoms with Gasteiger partial charge in [-0.25, -0.2) is 0 Å². The van der Waals surface area contributed by atoms with Gasteiger partial charge in [0.2, 0.25) is 6.29 Å². The fraction of sp³-hybridized carbons (Fsp3) is 0.432. The van der Waals surface area contributed by atoms with Crippen LogP contribution in [-0.2, 0) is 33.9 Å². The number of fused-ring (bicyclic) bond motifs is 3. The van der Waals surface area contributed by atoms with Crippen LogP contribution in [0.1, 0.15) is 72.3 Å². The highest BCUT2D eigenvalue weighted by Gasteiger charge is 2.35. The monoisotopic (exact) mass is 578 g/mol. The van der Waals surface area contributed by atoms with Gasteiger partial charge in [0.1, 0.15) is 0 Å². The normalized spacial score (nSPS) is 22.4. The van der Waals surface area contributed by atoms with Crippen molar-refractivity contribution in [3.8, 4) is 11.1 Å². The Morgan fingerprint density at radius 3 is 2.40 bits per heavy atom. The Balaban J connectivity index is 1.11. The van der Waals surface area contributed by atoms with E-state index in [4.69, 9.17) is 9.47 Å². The second-order valence-electron chi connectivity index (χ2n) is 12.5. The molecular formula is C37H42N2O4. The fourth-order valence-corrected chi connectivity index (χ4v) is 7.46. The van der Waals surface area contributed by atoms with Gasteiger partial charge in [-0.2, -0.15) is 0 Å². The number of hydrogen-bond donors (Lipinski definition) is 1. The highest BCUT2D eigenvalue weighted by atomic mass is 16.7. The molecule has 3 heterocycles. The Labute approximate surface area is 254 Å². The van der Waals surface area contributed by atoms with E-state index in [0.717, 1.165) is 43.5 Å². The second-order valence-corrected chi connectivity index (χ2v) is 12.5. The smallest absolute Gasteiger partial charge is 0.288 e. The van der Waals surface area contributed by atoms with Gasteiger partial charge < -0.3 is 24.4 Å². The Bertz CT molecular complexity index is 1470. The van der Waals surface area contributed by atoms with Crippen LogP contribution in [0.15, 0.2) is 78.6 Å². The van der Waals surface area contributed by atoms with Crippen LogP contribution in [0.4, 0.5) is 0 Å². The summed E-state index contributed by atoms with van der Waals surface area (Å²) in [6.45, 7) is 4.33. The van der Waals surface area contributed by atoms with Crippen LogP contribution in [0, 0.1) is 0 Å². The van der Waals surface area contributed by atoms with Gasteiger partial charge in [-0.1, -0.05) is 73.2 Å². The van der Waals surface area contributed by atoms with E-state index in [2.05, 4.69) is 53.4 Å². The third kappa shape index (κ3) is 6.01. The van der Waals surface area contributed by atoms with E-state index in [-0.39, 0.29) is 18.4 Å². The van der Waals surface area contributed by atoms with Crippen LogP contribution < -0.4 is 0 Å². The first kappa shape index (κ1) is 28.3. The average molecular weight is 579 g/mol. The van der Waals surface area contributed by atoms with Gasteiger partial charge in [-0.15, -0.1) is 0 Å². The molecule has 3 aliphatic heterocycles. The van der Waals surface area contributed by atoms with E-state index in [1.807, 2.05) is 29.2 Å². The van der Waals surface area contributed by atoms with E-state index in [0.29, 0.717) is 24.8 Å². The summed E-state index contributed by atoms with van der Waals surface area (Å²) in [6, 6.07) is 23.6. The molecule has 1 amide bonds. The number of ether oxygens (including phenoxy) is 2. The number of piperidine rings is 2. The van der Waals surface area contributed by atoms with E-state index >= 15 is 0 Å². The number of hydrogen-bond acceptors (Lipinski definition) is 5. The predicted molar refractivity (Wildman–Crippen MR) is 167 cm³/mol. The number of allylic oxidation sites excluding steroid dienone is 1. The molecule has 2 fully saturated rings. The van der Waals surface area contributed by atoms with Crippen LogP contribution in [0.25, 0.3) is 11.1 Å². The van der Waals surface area contributed by atoms with Crippen molar-refractivity contribution in [2.75, 3.05) is 26.2 Å². The van der Waals surface area contributed by atoms with Crippen molar-refractivity contribution in [2.45, 2.75) is 76.4 Å². The topological polar surface area (TPSA) is 62.2 Å². The molecular weight excluding hydrogens is 536 g/mol. The molecule has 1 N–H and O–H groups in total. The molecule has 2 saturated heterocycles. The lowest BCUT2D eigenvalue weighted by Gasteiger charge is -2.40. The Morgan fingerprint density at radius 2 is 1.60 bits per heavy atom. The summed E-state index contributed by atoms with van der Waals surface area (Å²) >= 11 is 0. The fourth-order valence-electron chi connectivity index (χ4n) is 7.46. The lowest BCUT2D eigenvalue weighted by atomic mass is 9.87. The molecule has 4 aliphatic rings. The number of nitrogens with zero attached hydrogens (tertiary/aromatic N) is 2. The average Bonchev–Trinajstić information content (AvgIpc) is 3.46. The standard InChI is InChI=1S/C37H42N2O4/c40-24-26-11-13-27(14-12-26)25-42-36-23-29(32-9-6-10-33-31-8-3-2-7-28(31)21-34(32)33)22-35(43-36)37(41)39-19-15-30(16-20-39)38-17-4-1-5-18-38/h2-3,6-14,22,29-30,36,40H,1,4-5,15-21,23-25H2. The lowest BCUT2D eigenvalue weighted by molar-refractivity contribution is -0.157. The molecule has 2 unspecified atom stereocenters. The van der Waals surface area contributed by atoms with E-state index in [1.54, 1.807) is 0 Å². The molecule has 1 aliphatic carbocycles. The molecule has 0 saturated carbocycles. The van der Waals surface area contributed by atoms with Crippen molar-refractivity contribution in [2.24, 2.45) is 0 Å². The maximum atomic E-state index is 14.0. The Kier molecular flexibility index (Phi) is 8.33. The number of benzene rings is 3. The molecule has 6 nitrogen and oxygen atoms in total. The largest absolute Gasteiger partial charge is 0.459 e. The SMILES string of the molecule is O=C(C1=CC(c2cccc3c2Cc2ccccc2-3)CC(OCc2ccc(CO)cc2)O1)N1CCC(N2CCCCC2)CC1. The first-order chi connectivity index (χ1) is 21.2. The number of aliphatic hydroxyl groups excluding tert-OH is 1. The quantitative estimate of drug-likeness (QED) is 0.285. The summed E-state index contributed by atoms with van der Waals surface area (Å²) in [6.07, 6.45) is 9.07. The summed E-state index contributed by atoms with van der Waals surface area (Å²) < 4.78 is 12.7. The zero-order valence-corrected chi connectivity index (χ0v) is 24.9. The molecule has 0 radical (unpaired) electrons. The molecule has 224 valence electrons. The highest BCUT2D eigenvalue weighted by molar-refractivity contribution is 5.92. The minimum absolute atomic E-state index is 0.0152. The maximum absolute atomic E-state index is 14.0. The van der Waals surface area contributed by atoms with Crippen LogP contribution in [0.5, 0.6) is 0 Å². The van der Waals surface area contributed by atoms with Crippen LogP contribution in [0.2, 0.25) is 0 Å². The number of likely N-dealkylation sites (tertiary alicyclic amines) is 2. The minimum atomic E-state index is -0.531. The molecule has 2 atom stereocenters. The Morgan fingerprint density at radius 1 is 0.860 bits per heavy atom. The number of carbonyl (C=O) groups excluding carboxylic acids is 1. The zero-order chi connectivity index (χ0) is 29.2. The predicted octanol–water partition coefficient (Wildman–Crippen LogP) is 6.16. The highest BCUT2D eigenvalue weighted by Crippen LogP contribution is 2.43. The first-order valence-corrected chi connectivity index (χ1v) is 16.1. The molecule has 0 bridgehead atoms. The van der Waals surface area contributed by atoms with Gasteiger partial charge in [0, 0.05) is 31.5 Å². The van der Waals surface area contributed by atoms with Crippen LogP contribution >= 0.6 is 0 Å². The molecule has 6 heteroatoms. The second kappa shape index (κ2) is 12.7. The maximum Gasteiger partial charge on any atom is 0.288 e. The van der Waals surface area contributed by atoms with Crippen molar-refractivity contribution in [1.29, 1.82) is 0 Å². The van der Waals surface area contributed by atoms with Gasteiger partial charge >= 0.3 is 0 Å². The van der Waals surface area contributed by atoms with Gasteiger partial charge in [0.05, 0.1) is 13.2 Å². The summed E-state index contributed by atoms with van der Waals surface area (Å²) in [4.78, 5) is 18.6. The van der Waals surface area contributed by atoms with Crippen LogP contribution in [0.3, 0.4) is 0 Å². The van der Waals surface area contributed by atoms with Crippen molar-refractivity contribution in [3.63, 3.8) is 0 Å². The summed E-state index contributed by atoms with van der Waals surface area (Å²) in [5.74, 6) is 0.421. The molecule has 7 rings (SSSR count). The summed E-state index contributed by atoms with van der Waals surface area (Å²) in [5, 5.41) is 9.40. The third-order valence-electron chi connectivity index (χ3n) is 9.85. The van der Waals surface area contributed by atoms with Gasteiger partial charge in [0.15, 0.2) is 5.76 Å². The van der Waals surface area contributed by atoms with Gasteiger partial charge in [-0.3, -0.25) is 4.79 Å². The Hall–Kier alpha value is -3.45. The number of rotatable bonds is 7.